The van der Waals surface area contributed by atoms with E-state index in [2.05, 4.69) is 15.5 Å². The van der Waals surface area contributed by atoms with Crippen LogP contribution in [0.1, 0.15) is 47.1 Å². The van der Waals surface area contributed by atoms with Gasteiger partial charge in [0, 0.05) is 5.56 Å². The van der Waals surface area contributed by atoms with Crippen LogP contribution in [-0.2, 0) is 11.3 Å². The van der Waals surface area contributed by atoms with Crippen LogP contribution in [0.25, 0.3) is 22.6 Å². The molecule has 1 amide bonds. The quantitative estimate of drug-likeness (QED) is 0.205. The van der Waals surface area contributed by atoms with Gasteiger partial charge in [0.25, 0.3) is 5.91 Å². The fraction of sp³-hybridized carbons (Fsp3) is 0.152. The molecule has 0 aliphatic carbocycles. The molecule has 4 aromatic carbocycles. The maximum atomic E-state index is 13.9. The molecular formula is C33H29N3O5. The number of esters is 1. The number of benzene rings is 4. The Bertz CT molecular complexity index is 1640. The summed E-state index contributed by atoms with van der Waals surface area (Å²) >= 11 is 0. The zero-order chi connectivity index (χ0) is 28.8. The molecule has 0 atom stereocenters. The molecule has 0 radical (unpaired) electrons. The third-order valence-corrected chi connectivity index (χ3v) is 6.06. The molecule has 8 heteroatoms. The number of nitrogens with zero attached hydrogens (tertiary/aromatic N) is 2. The number of hydrogen-bond donors (Lipinski definition) is 1. The molecule has 41 heavy (non-hydrogen) atoms. The first kappa shape index (κ1) is 27.3. The van der Waals surface area contributed by atoms with E-state index in [9.17, 15) is 9.59 Å². The molecule has 8 nitrogen and oxygen atoms in total. The first-order valence-electron chi connectivity index (χ1n) is 13.1. The van der Waals surface area contributed by atoms with Gasteiger partial charge in [0.2, 0.25) is 12.3 Å². The number of rotatable bonds is 8. The standard InChI is InChI=1S/C33H29N3O5/c1-33(2,3)41-32(38)26-16-14-24(23-12-8-5-9-13-23)19-28(26)35-30(37)27-18-25(31-36-34-21-40-31)15-17-29(27)39-20-22-10-6-4-7-11-22/h4-19,21H,20H2,1-3H3,(H,35,37). The molecule has 0 saturated carbocycles. The van der Waals surface area contributed by atoms with Crippen LogP contribution < -0.4 is 10.1 Å². The SMILES string of the molecule is CC(C)(C)OC(=O)c1ccc(-c2ccccc2)cc1NC(=O)c1cc(-c2nnco2)ccc1OCc1ccccc1. The number of carbonyl (C=O) groups excluding carboxylic acids is 2. The van der Waals surface area contributed by atoms with Crippen molar-refractivity contribution in [3.63, 3.8) is 0 Å². The van der Waals surface area contributed by atoms with Crippen LogP contribution >= 0.6 is 0 Å². The second-order valence-electron chi connectivity index (χ2n) is 10.3. The Labute approximate surface area is 238 Å². The maximum absolute atomic E-state index is 13.9. The number of carbonyl (C=O) groups is 2. The molecule has 1 N–H and O–H groups in total. The zero-order valence-corrected chi connectivity index (χ0v) is 23.0. The van der Waals surface area contributed by atoms with Crippen LogP contribution in [-0.4, -0.2) is 27.7 Å². The van der Waals surface area contributed by atoms with Gasteiger partial charge < -0.3 is 19.2 Å². The van der Waals surface area contributed by atoms with Crippen LogP contribution in [0, 0.1) is 0 Å². The van der Waals surface area contributed by atoms with Crippen molar-refractivity contribution in [3.05, 3.63) is 120 Å². The summed E-state index contributed by atoms with van der Waals surface area (Å²) < 4.78 is 17.1. The average molecular weight is 548 g/mol. The summed E-state index contributed by atoms with van der Waals surface area (Å²) in [7, 11) is 0. The Morgan fingerprint density at radius 1 is 0.805 bits per heavy atom. The van der Waals surface area contributed by atoms with Crippen molar-refractivity contribution in [1.82, 2.24) is 10.2 Å². The minimum Gasteiger partial charge on any atom is -0.488 e. The van der Waals surface area contributed by atoms with Gasteiger partial charge in [-0.2, -0.15) is 0 Å². The fourth-order valence-electron chi connectivity index (χ4n) is 4.16. The highest BCUT2D eigenvalue weighted by Crippen LogP contribution is 2.31. The molecule has 206 valence electrons. The van der Waals surface area contributed by atoms with Gasteiger partial charge in [-0.25, -0.2) is 4.79 Å². The van der Waals surface area contributed by atoms with Crippen molar-refractivity contribution in [3.8, 4) is 28.3 Å². The van der Waals surface area contributed by atoms with Crippen LogP contribution in [0.3, 0.4) is 0 Å². The highest BCUT2D eigenvalue weighted by molar-refractivity contribution is 6.10. The van der Waals surface area contributed by atoms with E-state index in [0.717, 1.165) is 16.7 Å². The van der Waals surface area contributed by atoms with Crippen molar-refractivity contribution < 1.29 is 23.5 Å². The van der Waals surface area contributed by atoms with Gasteiger partial charge in [0.15, 0.2) is 0 Å². The average Bonchev–Trinajstić information content (AvgIpc) is 3.51. The summed E-state index contributed by atoms with van der Waals surface area (Å²) in [5, 5.41) is 10.6. The Morgan fingerprint density at radius 2 is 1.51 bits per heavy atom. The van der Waals surface area contributed by atoms with Crippen molar-refractivity contribution in [2.24, 2.45) is 0 Å². The van der Waals surface area contributed by atoms with Crippen molar-refractivity contribution >= 4 is 17.6 Å². The number of nitrogens with one attached hydrogen (secondary N) is 1. The molecule has 1 heterocycles. The Balaban J connectivity index is 1.52. The summed E-state index contributed by atoms with van der Waals surface area (Å²) in [5.74, 6) is -0.418. The van der Waals surface area contributed by atoms with Gasteiger partial charge in [0.05, 0.1) is 16.8 Å². The summed E-state index contributed by atoms with van der Waals surface area (Å²) in [6.07, 6.45) is 1.22. The molecule has 5 rings (SSSR count). The van der Waals surface area contributed by atoms with E-state index in [-0.39, 0.29) is 23.6 Å². The summed E-state index contributed by atoms with van der Waals surface area (Å²) in [6.45, 7) is 5.64. The third-order valence-electron chi connectivity index (χ3n) is 6.06. The molecule has 0 saturated heterocycles. The monoisotopic (exact) mass is 547 g/mol. The molecule has 0 spiro atoms. The lowest BCUT2D eigenvalue weighted by Crippen LogP contribution is -2.25. The van der Waals surface area contributed by atoms with Gasteiger partial charge >= 0.3 is 5.97 Å². The topological polar surface area (TPSA) is 104 Å². The van der Waals surface area contributed by atoms with E-state index >= 15 is 0 Å². The van der Waals surface area contributed by atoms with E-state index in [1.807, 2.05) is 66.7 Å². The van der Waals surface area contributed by atoms with Crippen LogP contribution in [0.15, 0.2) is 108 Å². The molecule has 1 aromatic heterocycles. The molecule has 0 fully saturated rings. The van der Waals surface area contributed by atoms with E-state index < -0.39 is 17.5 Å². The number of aromatic nitrogens is 2. The van der Waals surface area contributed by atoms with Crippen LogP contribution in [0.5, 0.6) is 5.75 Å². The molecule has 0 aliphatic rings. The van der Waals surface area contributed by atoms with Gasteiger partial charge in [-0.05, 0) is 67.8 Å². The van der Waals surface area contributed by atoms with Gasteiger partial charge in [0.1, 0.15) is 18.0 Å². The van der Waals surface area contributed by atoms with Crippen LogP contribution in [0.4, 0.5) is 5.69 Å². The third kappa shape index (κ3) is 6.86. The Hall–Kier alpha value is -5.24. The smallest absolute Gasteiger partial charge is 0.340 e. The van der Waals surface area contributed by atoms with Crippen molar-refractivity contribution in [1.29, 1.82) is 0 Å². The molecule has 0 unspecified atom stereocenters. The van der Waals surface area contributed by atoms with Crippen molar-refractivity contribution in [2.75, 3.05) is 5.32 Å². The van der Waals surface area contributed by atoms with E-state index in [1.165, 1.54) is 6.39 Å². The number of ether oxygens (including phenoxy) is 2. The van der Waals surface area contributed by atoms with E-state index in [1.54, 1.807) is 51.1 Å². The largest absolute Gasteiger partial charge is 0.488 e. The summed E-state index contributed by atoms with van der Waals surface area (Å²) in [4.78, 5) is 27.0. The predicted octanol–water partition coefficient (Wildman–Crippen LogP) is 7.19. The molecule has 5 aromatic rings. The minimum atomic E-state index is -0.715. The number of hydrogen-bond acceptors (Lipinski definition) is 7. The summed E-state index contributed by atoms with van der Waals surface area (Å²) in [6, 6.07) is 29.6. The van der Waals surface area contributed by atoms with Crippen LogP contribution in [0.2, 0.25) is 0 Å². The Morgan fingerprint density at radius 3 is 2.20 bits per heavy atom. The van der Waals surface area contributed by atoms with Crippen molar-refractivity contribution in [2.45, 2.75) is 33.0 Å². The van der Waals surface area contributed by atoms with Gasteiger partial charge in [-0.15, -0.1) is 10.2 Å². The minimum absolute atomic E-state index is 0.229. The maximum Gasteiger partial charge on any atom is 0.340 e. The number of amides is 1. The second-order valence-corrected chi connectivity index (χ2v) is 10.3. The molecule has 0 aliphatic heterocycles. The lowest BCUT2D eigenvalue weighted by atomic mass is 10.0. The highest BCUT2D eigenvalue weighted by Gasteiger charge is 2.23. The van der Waals surface area contributed by atoms with Gasteiger partial charge in [-0.3, -0.25) is 4.79 Å². The number of anilines is 1. The molecule has 0 bridgehead atoms. The first-order valence-corrected chi connectivity index (χ1v) is 13.1. The second kappa shape index (κ2) is 11.9. The predicted molar refractivity (Wildman–Crippen MR) is 156 cm³/mol. The molecular weight excluding hydrogens is 518 g/mol. The lowest BCUT2D eigenvalue weighted by molar-refractivity contribution is 0.00707. The van der Waals surface area contributed by atoms with E-state index in [4.69, 9.17) is 13.9 Å². The fourth-order valence-corrected chi connectivity index (χ4v) is 4.16. The van der Waals surface area contributed by atoms with Gasteiger partial charge in [-0.1, -0.05) is 66.7 Å². The summed E-state index contributed by atoms with van der Waals surface area (Å²) in [5.41, 5.74) is 3.31. The first-order chi connectivity index (χ1) is 19.8. The zero-order valence-electron chi connectivity index (χ0n) is 23.0. The highest BCUT2D eigenvalue weighted by atomic mass is 16.6. The Kier molecular flexibility index (Phi) is 7.92. The normalized spacial score (nSPS) is 11.1. The lowest BCUT2D eigenvalue weighted by Gasteiger charge is -2.21. The van der Waals surface area contributed by atoms with E-state index in [0.29, 0.717) is 17.0 Å².